The molecule has 0 aromatic carbocycles. The zero-order chi connectivity index (χ0) is 7.61. The summed E-state index contributed by atoms with van der Waals surface area (Å²) >= 11 is 0. The van der Waals surface area contributed by atoms with E-state index in [1.807, 2.05) is 7.05 Å². The second kappa shape index (κ2) is 3.78. The van der Waals surface area contributed by atoms with Crippen molar-refractivity contribution >= 4 is 18.5 Å². The Balaban J connectivity index is 0.000001000. The zero-order valence-corrected chi connectivity index (χ0v) is 7.24. The van der Waals surface area contributed by atoms with E-state index in [0.29, 0.717) is 6.61 Å². The molecule has 0 heterocycles. The second-order valence-corrected chi connectivity index (χ2v) is 2.64. The fourth-order valence-corrected chi connectivity index (χ4v) is 0.827. The van der Waals surface area contributed by atoms with Gasteiger partial charge in [-0.15, -0.1) is 12.4 Å². The van der Waals surface area contributed by atoms with Gasteiger partial charge in [0.25, 0.3) is 0 Å². The Morgan fingerprint density at radius 3 is 2.55 bits per heavy atom. The Bertz CT molecular complexity index is 148. The molecule has 1 aliphatic carbocycles. The number of likely N-dealkylation sites (N-methyl/N-ethyl adjacent to an activating group) is 1. The average Bonchev–Trinajstić information content (AvgIpc) is 2.64. The van der Waals surface area contributed by atoms with Gasteiger partial charge in [0.1, 0.15) is 6.61 Å². The number of hydrogen-bond acceptors (Lipinski definition) is 3. The summed E-state index contributed by atoms with van der Waals surface area (Å²) in [6.45, 7) is 0.402. The Morgan fingerprint density at radius 2 is 2.27 bits per heavy atom. The number of rotatable bonds is 3. The smallest absolute Gasteiger partial charge is 0.404 e. The molecule has 0 saturated heterocycles. The van der Waals surface area contributed by atoms with Crippen molar-refractivity contribution in [1.29, 1.82) is 0 Å². The maximum atomic E-state index is 10.2. The molecular formula is C6H13ClN2O2. The van der Waals surface area contributed by atoms with Crippen molar-refractivity contribution in [2.75, 3.05) is 13.7 Å². The van der Waals surface area contributed by atoms with E-state index in [1.165, 1.54) is 0 Å². The van der Waals surface area contributed by atoms with Crippen molar-refractivity contribution in [2.45, 2.75) is 18.4 Å². The van der Waals surface area contributed by atoms with Gasteiger partial charge < -0.3 is 15.8 Å². The molecule has 4 nitrogen and oxygen atoms in total. The fraction of sp³-hybridized carbons (Fsp3) is 0.833. The number of carbonyl (C=O) groups is 1. The fourth-order valence-electron chi connectivity index (χ4n) is 0.827. The van der Waals surface area contributed by atoms with Crippen LogP contribution in [0.15, 0.2) is 0 Å². The first-order valence-corrected chi connectivity index (χ1v) is 3.30. The number of hydrogen-bond donors (Lipinski definition) is 2. The molecule has 1 aliphatic rings. The van der Waals surface area contributed by atoms with Crippen LogP contribution in [0.1, 0.15) is 12.8 Å². The molecule has 1 saturated carbocycles. The molecule has 1 rings (SSSR count). The van der Waals surface area contributed by atoms with E-state index in [2.05, 4.69) is 10.1 Å². The monoisotopic (exact) mass is 180 g/mol. The Labute approximate surface area is 71.9 Å². The zero-order valence-electron chi connectivity index (χ0n) is 6.42. The predicted molar refractivity (Wildman–Crippen MR) is 43.8 cm³/mol. The van der Waals surface area contributed by atoms with E-state index in [1.54, 1.807) is 0 Å². The first kappa shape index (κ1) is 10.5. The number of nitrogens with one attached hydrogen (secondary N) is 1. The van der Waals surface area contributed by atoms with Crippen LogP contribution in [0.3, 0.4) is 0 Å². The topological polar surface area (TPSA) is 64.3 Å². The molecule has 0 unspecified atom stereocenters. The minimum absolute atomic E-state index is 0. The van der Waals surface area contributed by atoms with Crippen molar-refractivity contribution in [3.63, 3.8) is 0 Å². The lowest BCUT2D eigenvalue weighted by Gasteiger charge is -2.12. The average molecular weight is 181 g/mol. The van der Waals surface area contributed by atoms with Crippen LogP contribution in [0.25, 0.3) is 0 Å². The van der Waals surface area contributed by atoms with E-state index >= 15 is 0 Å². The largest absolute Gasteiger partial charge is 0.448 e. The molecule has 0 aromatic heterocycles. The van der Waals surface area contributed by atoms with Crippen LogP contribution >= 0.6 is 12.4 Å². The lowest BCUT2D eigenvalue weighted by Crippen LogP contribution is -2.34. The highest BCUT2D eigenvalue weighted by atomic mass is 35.5. The summed E-state index contributed by atoms with van der Waals surface area (Å²) in [5, 5.41) is 3.08. The van der Waals surface area contributed by atoms with Gasteiger partial charge >= 0.3 is 6.09 Å². The standard InChI is InChI=1S/C6H12N2O2.ClH/c1-8-6(2-3-6)4-10-5(7)9;/h8H,2-4H2,1H3,(H2,7,9);1H. The Kier molecular flexibility index (Phi) is 3.62. The summed E-state index contributed by atoms with van der Waals surface area (Å²) in [7, 11) is 1.86. The van der Waals surface area contributed by atoms with Crippen molar-refractivity contribution in [2.24, 2.45) is 5.73 Å². The molecular weight excluding hydrogens is 168 g/mol. The van der Waals surface area contributed by atoms with Gasteiger partial charge in [-0.05, 0) is 19.9 Å². The summed E-state index contributed by atoms with van der Waals surface area (Å²) in [5.41, 5.74) is 4.84. The highest BCUT2D eigenvalue weighted by Crippen LogP contribution is 2.34. The summed E-state index contributed by atoms with van der Waals surface area (Å²) < 4.78 is 4.64. The minimum Gasteiger partial charge on any atom is -0.448 e. The van der Waals surface area contributed by atoms with E-state index in [4.69, 9.17) is 5.73 Å². The van der Waals surface area contributed by atoms with Crippen LogP contribution in [-0.4, -0.2) is 25.3 Å². The van der Waals surface area contributed by atoms with Crippen LogP contribution in [0.4, 0.5) is 4.79 Å². The van der Waals surface area contributed by atoms with Crippen molar-refractivity contribution in [3.8, 4) is 0 Å². The molecule has 0 bridgehead atoms. The molecule has 0 radical (unpaired) electrons. The van der Waals surface area contributed by atoms with E-state index in [0.717, 1.165) is 12.8 Å². The maximum Gasteiger partial charge on any atom is 0.404 e. The third-order valence-corrected chi connectivity index (χ3v) is 1.87. The number of halogens is 1. The van der Waals surface area contributed by atoms with Gasteiger partial charge in [-0.25, -0.2) is 4.79 Å². The van der Waals surface area contributed by atoms with Crippen molar-refractivity contribution in [3.05, 3.63) is 0 Å². The third-order valence-electron chi connectivity index (χ3n) is 1.87. The number of nitrogens with two attached hydrogens (primary N) is 1. The number of ether oxygens (including phenoxy) is 1. The van der Waals surface area contributed by atoms with Gasteiger partial charge in [-0.1, -0.05) is 0 Å². The molecule has 3 N–H and O–H groups in total. The van der Waals surface area contributed by atoms with Gasteiger partial charge in [0.2, 0.25) is 0 Å². The predicted octanol–water partition coefficient (Wildman–Crippen LogP) is 0.255. The molecule has 0 aromatic rings. The first-order chi connectivity index (χ1) is 4.68. The number of carbonyl (C=O) groups excluding carboxylic acids is 1. The van der Waals surface area contributed by atoms with Crippen molar-refractivity contribution < 1.29 is 9.53 Å². The lowest BCUT2D eigenvalue weighted by molar-refractivity contribution is 0.140. The lowest BCUT2D eigenvalue weighted by atomic mass is 10.3. The molecule has 1 fully saturated rings. The maximum absolute atomic E-state index is 10.2. The van der Waals surface area contributed by atoms with Gasteiger partial charge in [0.05, 0.1) is 5.54 Å². The third kappa shape index (κ3) is 2.95. The van der Waals surface area contributed by atoms with Crippen LogP contribution < -0.4 is 11.1 Å². The van der Waals surface area contributed by atoms with Gasteiger partial charge in [0, 0.05) is 0 Å². The van der Waals surface area contributed by atoms with E-state index < -0.39 is 6.09 Å². The Hall–Kier alpha value is -0.480. The summed E-state index contributed by atoms with van der Waals surface area (Å²) in [4.78, 5) is 10.2. The number of amides is 1. The van der Waals surface area contributed by atoms with Crippen LogP contribution in [0.2, 0.25) is 0 Å². The van der Waals surface area contributed by atoms with Gasteiger partial charge in [0.15, 0.2) is 0 Å². The summed E-state index contributed by atoms with van der Waals surface area (Å²) in [6, 6.07) is 0. The van der Waals surface area contributed by atoms with Crippen molar-refractivity contribution in [1.82, 2.24) is 5.32 Å². The van der Waals surface area contributed by atoms with Crippen LogP contribution in [0, 0.1) is 0 Å². The van der Waals surface area contributed by atoms with Gasteiger partial charge in [-0.2, -0.15) is 0 Å². The second-order valence-electron chi connectivity index (χ2n) is 2.64. The van der Waals surface area contributed by atoms with Crippen LogP contribution in [0.5, 0.6) is 0 Å². The molecule has 0 atom stereocenters. The minimum atomic E-state index is -0.693. The molecule has 5 heteroatoms. The molecule has 0 spiro atoms. The molecule has 1 amide bonds. The van der Waals surface area contributed by atoms with Gasteiger partial charge in [-0.3, -0.25) is 0 Å². The molecule has 0 aliphatic heterocycles. The highest BCUT2D eigenvalue weighted by Gasteiger charge is 2.42. The first-order valence-electron chi connectivity index (χ1n) is 3.30. The summed E-state index contributed by atoms with van der Waals surface area (Å²) in [5.74, 6) is 0. The Morgan fingerprint density at radius 1 is 1.73 bits per heavy atom. The summed E-state index contributed by atoms with van der Waals surface area (Å²) in [6.07, 6.45) is 1.44. The SMILES string of the molecule is CNC1(COC(N)=O)CC1.Cl. The highest BCUT2D eigenvalue weighted by molar-refractivity contribution is 5.85. The molecule has 11 heavy (non-hydrogen) atoms. The normalized spacial score (nSPS) is 18.3. The van der Waals surface area contributed by atoms with E-state index in [9.17, 15) is 4.79 Å². The van der Waals surface area contributed by atoms with E-state index in [-0.39, 0.29) is 17.9 Å². The molecule has 66 valence electrons. The number of primary amides is 1. The quantitative estimate of drug-likeness (QED) is 0.655. The van der Waals surface area contributed by atoms with Crippen LogP contribution in [-0.2, 0) is 4.74 Å².